The van der Waals surface area contributed by atoms with Crippen molar-refractivity contribution in [3.8, 4) is 0 Å². The van der Waals surface area contributed by atoms with E-state index >= 15 is 0 Å². The van der Waals surface area contributed by atoms with Crippen molar-refractivity contribution in [2.75, 3.05) is 18.4 Å². The molecule has 0 radical (unpaired) electrons. The molecule has 0 atom stereocenters. The fourth-order valence-corrected chi connectivity index (χ4v) is 3.55. The first-order chi connectivity index (χ1) is 10.2. The number of aromatic nitrogens is 1. The molecule has 0 saturated heterocycles. The number of nitrogens with one attached hydrogen (secondary N) is 1. The normalized spacial score (nSPS) is 13.9. The minimum absolute atomic E-state index is 0.0651. The lowest BCUT2D eigenvalue weighted by Crippen LogP contribution is -2.35. The Bertz CT molecular complexity index is 665. The van der Waals surface area contributed by atoms with Crippen molar-refractivity contribution in [3.05, 3.63) is 45.4 Å². The number of carbonyl (C=O) groups excluding carboxylic acids is 1. The fraction of sp³-hybridized carbons (Fsp3) is 0.375. The van der Waals surface area contributed by atoms with E-state index in [4.69, 9.17) is 0 Å². The number of rotatable bonds is 3. The average molecular weight is 301 g/mol. The minimum atomic E-state index is 0.0651. The van der Waals surface area contributed by atoms with Crippen molar-refractivity contribution in [2.24, 2.45) is 0 Å². The summed E-state index contributed by atoms with van der Waals surface area (Å²) in [5.74, 6) is 0.0651. The van der Waals surface area contributed by atoms with Crippen molar-refractivity contribution in [2.45, 2.75) is 26.8 Å². The molecule has 0 saturated carbocycles. The summed E-state index contributed by atoms with van der Waals surface area (Å²) in [5.41, 5.74) is 3.75. The summed E-state index contributed by atoms with van der Waals surface area (Å²) in [5, 5.41) is 5.37. The molecule has 0 unspecified atom stereocenters. The average Bonchev–Trinajstić information content (AvgIpc) is 2.94. The number of amides is 1. The van der Waals surface area contributed by atoms with Crippen molar-refractivity contribution >= 4 is 22.9 Å². The van der Waals surface area contributed by atoms with E-state index in [-0.39, 0.29) is 5.91 Å². The zero-order valence-corrected chi connectivity index (χ0v) is 13.2. The molecule has 0 spiro atoms. The van der Waals surface area contributed by atoms with E-state index < -0.39 is 0 Å². The number of fused-ring (bicyclic) bond motifs is 1. The molecular formula is C16H19N3OS. The standard InChI is InChI=1S/C16H19N3OS/c1-3-17-14-8-11(2)18-9-13(14)16(20)19-6-4-15-12(10-19)5-7-21-15/h5,7-9H,3-4,6,10H2,1-2H3,(H,17,18). The number of pyridine rings is 1. The van der Waals surface area contributed by atoms with E-state index in [1.807, 2.05) is 24.8 Å². The van der Waals surface area contributed by atoms with Crippen molar-refractivity contribution in [1.82, 2.24) is 9.88 Å². The van der Waals surface area contributed by atoms with Gasteiger partial charge in [0.05, 0.1) is 11.3 Å². The molecule has 2 aromatic heterocycles. The topological polar surface area (TPSA) is 45.2 Å². The van der Waals surface area contributed by atoms with Crippen LogP contribution >= 0.6 is 11.3 Å². The number of anilines is 1. The van der Waals surface area contributed by atoms with Crippen LogP contribution in [0.25, 0.3) is 0 Å². The van der Waals surface area contributed by atoms with Gasteiger partial charge in [0.2, 0.25) is 0 Å². The summed E-state index contributed by atoms with van der Waals surface area (Å²) >= 11 is 1.79. The summed E-state index contributed by atoms with van der Waals surface area (Å²) in [6.07, 6.45) is 2.65. The Labute approximate surface area is 128 Å². The Kier molecular flexibility index (Phi) is 3.92. The molecule has 0 aliphatic carbocycles. The van der Waals surface area contributed by atoms with Crippen LogP contribution < -0.4 is 5.32 Å². The Morgan fingerprint density at radius 3 is 3.19 bits per heavy atom. The van der Waals surface area contributed by atoms with Crippen LogP contribution in [-0.2, 0) is 13.0 Å². The van der Waals surface area contributed by atoms with E-state index in [0.717, 1.165) is 30.9 Å². The molecule has 0 aromatic carbocycles. The molecule has 2 aromatic rings. The highest BCUT2D eigenvalue weighted by Crippen LogP contribution is 2.26. The number of hydrogen-bond acceptors (Lipinski definition) is 4. The molecule has 1 amide bonds. The second-order valence-corrected chi connectivity index (χ2v) is 6.25. The second-order valence-electron chi connectivity index (χ2n) is 5.25. The van der Waals surface area contributed by atoms with E-state index in [1.165, 1.54) is 10.4 Å². The predicted octanol–water partition coefficient (Wildman–Crippen LogP) is 3.08. The quantitative estimate of drug-likeness (QED) is 0.947. The molecule has 4 nitrogen and oxygen atoms in total. The molecule has 1 aliphatic heterocycles. The van der Waals surface area contributed by atoms with Gasteiger partial charge < -0.3 is 10.2 Å². The Morgan fingerprint density at radius 2 is 2.38 bits per heavy atom. The monoisotopic (exact) mass is 301 g/mol. The van der Waals surface area contributed by atoms with Gasteiger partial charge in [0, 0.05) is 36.4 Å². The highest BCUT2D eigenvalue weighted by Gasteiger charge is 2.24. The highest BCUT2D eigenvalue weighted by atomic mass is 32.1. The molecule has 110 valence electrons. The maximum atomic E-state index is 12.8. The zero-order valence-electron chi connectivity index (χ0n) is 12.3. The maximum absolute atomic E-state index is 12.8. The third-order valence-corrected chi connectivity index (χ3v) is 4.76. The molecule has 1 aliphatic rings. The first-order valence-electron chi connectivity index (χ1n) is 7.24. The lowest BCUT2D eigenvalue weighted by atomic mass is 10.1. The number of thiophene rings is 1. The van der Waals surface area contributed by atoms with Crippen LogP contribution in [0.4, 0.5) is 5.69 Å². The predicted molar refractivity (Wildman–Crippen MR) is 85.9 cm³/mol. The molecular weight excluding hydrogens is 282 g/mol. The first kappa shape index (κ1) is 14.1. The Morgan fingerprint density at radius 1 is 1.52 bits per heavy atom. The van der Waals surface area contributed by atoms with Crippen LogP contribution in [0.15, 0.2) is 23.7 Å². The van der Waals surface area contributed by atoms with E-state index in [0.29, 0.717) is 12.1 Å². The van der Waals surface area contributed by atoms with Crippen LogP contribution in [-0.4, -0.2) is 28.9 Å². The first-order valence-corrected chi connectivity index (χ1v) is 8.12. The van der Waals surface area contributed by atoms with Gasteiger partial charge in [0.25, 0.3) is 5.91 Å². The molecule has 5 heteroatoms. The molecule has 21 heavy (non-hydrogen) atoms. The van der Waals surface area contributed by atoms with Crippen LogP contribution in [0.5, 0.6) is 0 Å². The van der Waals surface area contributed by atoms with Crippen molar-refractivity contribution in [3.63, 3.8) is 0 Å². The van der Waals surface area contributed by atoms with Gasteiger partial charge >= 0.3 is 0 Å². The summed E-state index contributed by atoms with van der Waals surface area (Å²) in [4.78, 5) is 20.4. The van der Waals surface area contributed by atoms with Crippen LogP contribution in [0.3, 0.4) is 0 Å². The Hall–Kier alpha value is -1.88. The second kappa shape index (κ2) is 5.85. The van der Waals surface area contributed by atoms with Crippen molar-refractivity contribution in [1.29, 1.82) is 0 Å². The number of aryl methyl sites for hydroxylation is 1. The molecule has 3 rings (SSSR count). The number of hydrogen-bond donors (Lipinski definition) is 1. The molecule has 3 heterocycles. The van der Waals surface area contributed by atoms with Gasteiger partial charge in [-0.05, 0) is 43.3 Å². The van der Waals surface area contributed by atoms with Gasteiger partial charge in [-0.3, -0.25) is 9.78 Å². The third-order valence-electron chi connectivity index (χ3n) is 3.73. The molecule has 0 fully saturated rings. The maximum Gasteiger partial charge on any atom is 0.257 e. The van der Waals surface area contributed by atoms with Crippen LogP contribution in [0.1, 0.15) is 33.4 Å². The van der Waals surface area contributed by atoms with Gasteiger partial charge in [-0.1, -0.05) is 0 Å². The van der Waals surface area contributed by atoms with E-state index in [2.05, 4.69) is 21.7 Å². The smallest absolute Gasteiger partial charge is 0.257 e. The van der Waals surface area contributed by atoms with Gasteiger partial charge in [-0.2, -0.15) is 0 Å². The highest BCUT2D eigenvalue weighted by molar-refractivity contribution is 7.10. The Balaban J connectivity index is 1.86. The molecule has 1 N–H and O–H groups in total. The molecule has 0 bridgehead atoms. The minimum Gasteiger partial charge on any atom is -0.385 e. The van der Waals surface area contributed by atoms with Gasteiger partial charge in [-0.15, -0.1) is 11.3 Å². The van der Waals surface area contributed by atoms with Crippen LogP contribution in [0.2, 0.25) is 0 Å². The number of carbonyl (C=O) groups is 1. The SMILES string of the molecule is CCNc1cc(C)ncc1C(=O)N1CCc2sccc2C1. The lowest BCUT2D eigenvalue weighted by Gasteiger charge is -2.27. The largest absolute Gasteiger partial charge is 0.385 e. The number of nitrogens with zero attached hydrogens (tertiary/aromatic N) is 2. The third kappa shape index (κ3) is 2.78. The van der Waals surface area contributed by atoms with E-state index in [1.54, 1.807) is 17.5 Å². The summed E-state index contributed by atoms with van der Waals surface area (Å²) < 4.78 is 0. The van der Waals surface area contributed by atoms with Gasteiger partial charge in [0.15, 0.2) is 0 Å². The summed E-state index contributed by atoms with van der Waals surface area (Å²) in [6.45, 7) is 6.25. The lowest BCUT2D eigenvalue weighted by molar-refractivity contribution is 0.0736. The van der Waals surface area contributed by atoms with Crippen molar-refractivity contribution < 1.29 is 4.79 Å². The summed E-state index contributed by atoms with van der Waals surface area (Å²) in [7, 11) is 0. The fourth-order valence-electron chi connectivity index (χ4n) is 2.66. The van der Waals surface area contributed by atoms with Crippen LogP contribution in [0, 0.1) is 6.92 Å². The zero-order chi connectivity index (χ0) is 14.8. The summed E-state index contributed by atoms with van der Waals surface area (Å²) in [6, 6.07) is 4.06. The van der Waals surface area contributed by atoms with Gasteiger partial charge in [-0.25, -0.2) is 0 Å². The van der Waals surface area contributed by atoms with E-state index in [9.17, 15) is 4.79 Å². The van der Waals surface area contributed by atoms with Gasteiger partial charge in [0.1, 0.15) is 0 Å².